The summed E-state index contributed by atoms with van der Waals surface area (Å²) in [6.45, 7) is -1.98. The van der Waals surface area contributed by atoms with Crippen LogP contribution < -0.4 is 9.88 Å². The number of primary sulfonamides is 1. The Morgan fingerprint density at radius 2 is 1.89 bits per heavy atom. The van der Waals surface area contributed by atoms with Crippen LogP contribution in [0, 0.1) is 10.1 Å². The van der Waals surface area contributed by atoms with Crippen molar-refractivity contribution in [3.8, 4) is 5.75 Å². The fourth-order valence-electron chi connectivity index (χ4n) is 2.82. The van der Waals surface area contributed by atoms with Crippen molar-refractivity contribution in [2.45, 2.75) is 29.4 Å². The third-order valence-electron chi connectivity index (χ3n) is 4.51. The average molecular weight is 411 g/mol. The number of halogens is 3. The molecule has 1 saturated heterocycles. The van der Waals surface area contributed by atoms with E-state index in [9.17, 15) is 31.7 Å². The van der Waals surface area contributed by atoms with E-state index in [0.717, 1.165) is 18.2 Å². The van der Waals surface area contributed by atoms with Gasteiger partial charge in [-0.05, 0) is 25.0 Å². The van der Waals surface area contributed by atoms with E-state index in [0.29, 0.717) is 0 Å². The standard InChI is InChI=1S/C15H20F3N3O5S/c16-8-11(9-17)20-5-3-15(18,4-6-20)10-26-14-2-1-12(27(19,24)25)7-13(14)21(22)23/h1-2,7,11H,3-6,8-10H2,(H2,19,24,25). The maximum Gasteiger partial charge on any atom is 0.312 e. The number of sulfonamides is 1. The van der Waals surface area contributed by atoms with Gasteiger partial charge in [0, 0.05) is 19.2 Å². The van der Waals surface area contributed by atoms with Crippen LogP contribution in [0.25, 0.3) is 0 Å². The molecule has 2 rings (SSSR count). The second-order valence-corrected chi connectivity index (χ2v) is 7.93. The van der Waals surface area contributed by atoms with Crippen molar-refractivity contribution in [2.75, 3.05) is 33.0 Å². The second kappa shape index (κ2) is 8.40. The highest BCUT2D eigenvalue weighted by Crippen LogP contribution is 2.33. The number of hydrogen-bond acceptors (Lipinski definition) is 6. The van der Waals surface area contributed by atoms with Gasteiger partial charge in [0.2, 0.25) is 10.0 Å². The van der Waals surface area contributed by atoms with Crippen LogP contribution in [0.5, 0.6) is 5.75 Å². The first-order chi connectivity index (χ1) is 12.6. The van der Waals surface area contributed by atoms with Crippen LogP contribution in [-0.2, 0) is 10.0 Å². The molecule has 0 aromatic heterocycles. The van der Waals surface area contributed by atoms with Crippen molar-refractivity contribution in [3.05, 3.63) is 28.3 Å². The molecule has 8 nitrogen and oxygen atoms in total. The first-order valence-electron chi connectivity index (χ1n) is 8.08. The molecule has 0 amide bonds. The van der Waals surface area contributed by atoms with Crippen LogP contribution in [0.4, 0.5) is 18.9 Å². The lowest BCUT2D eigenvalue weighted by atomic mass is 9.93. The molecule has 0 unspecified atom stereocenters. The normalized spacial score (nSPS) is 17.8. The Hall–Kier alpha value is -1.92. The van der Waals surface area contributed by atoms with Gasteiger partial charge in [-0.2, -0.15) is 0 Å². The molecule has 152 valence electrons. The van der Waals surface area contributed by atoms with E-state index in [2.05, 4.69) is 0 Å². The predicted octanol–water partition coefficient (Wildman–Crippen LogP) is 1.73. The minimum atomic E-state index is -4.14. The Morgan fingerprint density at radius 3 is 2.37 bits per heavy atom. The van der Waals surface area contributed by atoms with Gasteiger partial charge in [0.1, 0.15) is 25.6 Å². The Balaban J connectivity index is 2.07. The SMILES string of the molecule is NS(=O)(=O)c1ccc(OCC2(F)CCN(C(CF)CF)CC2)c([N+](=O)[O-])c1. The van der Waals surface area contributed by atoms with Gasteiger partial charge in [-0.25, -0.2) is 26.7 Å². The van der Waals surface area contributed by atoms with Crippen LogP contribution in [0.3, 0.4) is 0 Å². The van der Waals surface area contributed by atoms with Crippen molar-refractivity contribution in [2.24, 2.45) is 5.14 Å². The molecule has 27 heavy (non-hydrogen) atoms. The molecule has 1 aromatic rings. The summed E-state index contributed by atoms with van der Waals surface area (Å²) in [5.74, 6) is -0.294. The fraction of sp³-hybridized carbons (Fsp3) is 0.600. The van der Waals surface area contributed by atoms with Gasteiger partial charge < -0.3 is 4.74 Å². The lowest BCUT2D eigenvalue weighted by Crippen LogP contribution is -2.50. The zero-order valence-corrected chi connectivity index (χ0v) is 15.1. The Labute approximate surface area is 154 Å². The van der Waals surface area contributed by atoms with Crippen LogP contribution >= 0.6 is 0 Å². The van der Waals surface area contributed by atoms with Crippen molar-refractivity contribution in [1.82, 2.24) is 4.90 Å². The number of alkyl halides is 3. The third-order valence-corrected chi connectivity index (χ3v) is 5.42. The number of nitrogens with two attached hydrogens (primary N) is 1. The summed E-state index contributed by atoms with van der Waals surface area (Å²) in [5.41, 5.74) is -2.47. The molecule has 1 fully saturated rings. The number of piperidine rings is 1. The van der Waals surface area contributed by atoms with Gasteiger partial charge in [-0.3, -0.25) is 15.0 Å². The van der Waals surface area contributed by atoms with Crippen LogP contribution in [0.1, 0.15) is 12.8 Å². The van der Waals surface area contributed by atoms with Gasteiger partial charge in [0.05, 0.1) is 15.9 Å². The largest absolute Gasteiger partial charge is 0.483 e. The maximum atomic E-state index is 14.9. The molecule has 1 heterocycles. The summed E-state index contributed by atoms with van der Waals surface area (Å²) in [6.07, 6.45) is -0.0981. The van der Waals surface area contributed by atoms with Crippen molar-refractivity contribution >= 4 is 15.7 Å². The minimum absolute atomic E-state index is 0.0490. The summed E-state index contributed by atoms with van der Waals surface area (Å²) < 4.78 is 68.2. The van der Waals surface area contributed by atoms with Crippen LogP contribution in [-0.4, -0.2) is 63.0 Å². The third kappa shape index (κ3) is 5.30. The van der Waals surface area contributed by atoms with E-state index in [-0.39, 0.29) is 31.7 Å². The Bertz CT molecular complexity index is 781. The molecule has 0 aliphatic carbocycles. The topological polar surface area (TPSA) is 116 Å². The molecule has 0 saturated carbocycles. The molecule has 0 bridgehead atoms. The van der Waals surface area contributed by atoms with Crippen molar-refractivity contribution in [3.63, 3.8) is 0 Å². The molecule has 1 aliphatic rings. The highest BCUT2D eigenvalue weighted by molar-refractivity contribution is 7.89. The van der Waals surface area contributed by atoms with Crippen LogP contribution in [0.2, 0.25) is 0 Å². The average Bonchev–Trinajstić information content (AvgIpc) is 2.62. The minimum Gasteiger partial charge on any atom is -0.483 e. The molecule has 1 aromatic carbocycles. The maximum absolute atomic E-state index is 14.9. The predicted molar refractivity (Wildman–Crippen MR) is 90.3 cm³/mol. The zero-order chi connectivity index (χ0) is 20.2. The van der Waals surface area contributed by atoms with Gasteiger partial charge in [0.25, 0.3) is 0 Å². The highest BCUT2D eigenvalue weighted by Gasteiger charge is 2.38. The number of rotatable bonds is 8. The van der Waals surface area contributed by atoms with Gasteiger partial charge in [-0.1, -0.05) is 0 Å². The number of benzene rings is 1. The number of nitro groups is 1. The number of nitro benzene ring substituents is 1. The lowest BCUT2D eigenvalue weighted by Gasteiger charge is -2.38. The second-order valence-electron chi connectivity index (χ2n) is 6.37. The molecule has 0 atom stereocenters. The molecule has 12 heteroatoms. The van der Waals surface area contributed by atoms with E-state index in [1.807, 2.05) is 0 Å². The van der Waals surface area contributed by atoms with Crippen molar-refractivity contribution < 1.29 is 31.2 Å². The van der Waals surface area contributed by atoms with Crippen LogP contribution in [0.15, 0.2) is 23.1 Å². The summed E-state index contributed by atoms with van der Waals surface area (Å²) in [4.78, 5) is 11.3. The number of hydrogen-bond donors (Lipinski definition) is 1. The first kappa shape index (κ1) is 21.4. The van der Waals surface area contributed by atoms with E-state index in [4.69, 9.17) is 9.88 Å². The monoisotopic (exact) mass is 411 g/mol. The molecule has 0 radical (unpaired) electrons. The molecule has 2 N–H and O–H groups in total. The summed E-state index contributed by atoms with van der Waals surface area (Å²) in [7, 11) is -4.14. The lowest BCUT2D eigenvalue weighted by molar-refractivity contribution is -0.386. The van der Waals surface area contributed by atoms with E-state index in [1.165, 1.54) is 4.90 Å². The Morgan fingerprint density at radius 1 is 1.30 bits per heavy atom. The number of nitrogens with zero attached hydrogens (tertiary/aromatic N) is 2. The zero-order valence-electron chi connectivity index (χ0n) is 14.3. The number of ether oxygens (including phenoxy) is 1. The molecule has 1 aliphatic heterocycles. The first-order valence-corrected chi connectivity index (χ1v) is 9.63. The highest BCUT2D eigenvalue weighted by atomic mass is 32.2. The summed E-state index contributed by atoms with van der Waals surface area (Å²) in [6, 6.07) is 1.91. The molecule has 0 spiro atoms. The fourth-order valence-corrected chi connectivity index (χ4v) is 3.35. The van der Waals surface area contributed by atoms with Gasteiger partial charge in [0.15, 0.2) is 5.75 Å². The van der Waals surface area contributed by atoms with E-state index in [1.54, 1.807) is 0 Å². The number of likely N-dealkylation sites (tertiary alicyclic amines) is 1. The summed E-state index contributed by atoms with van der Waals surface area (Å²) in [5, 5.41) is 16.1. The Kier molecular flexibility index (Phi) is 6.65. The smallest absolute Gasteiger partial charge is 0.312 e. The quantitative estimate of drug-likeness (QED) is 0.515. The molecular formula is C15H20F3N3O5S. The van der Waals surface area contributed by atoms with Gasteiger partial charge in [-0.15, -0.1) is 0 Å². The summed E-state index contributed by atoms with van der Waals surface area (Å²) >= 11 is 0. The van der Waals surface area contributed by atoms with E-state index < -0.39 is 57.2 Å². The van der Waals surface area contributed by atoms with E-state index >= 15 is 0 Å². The molecular weight excluding hydrogens is 391 g/mol. The van der Waals surface area contributed by atoms with Gasteiger partial charge >= 0.3 is 5.69 Å². The van der Waals surface area contributed by atoms with Crippen molar-refractivity contribution in [1.29, 1.82) is 0 Å².